The first-order valence-corrected chi connectivity index (χ1v) is 8.18. The van der Waals surface area contributed by atoms with Gasteiger partial charge < -0.3 is 10.1 Å². The Labute approximate surface area is 147 Å². The number of nitrogens with one attached hydrogen (secondary N) is 1. The van der Waals surface area contributed by atoms with Crippen LogP contribution in [0.15, 0.2) is 73.1 Å². The molecule has 0 saturated heterocycles. The fourth-order valence-electron chi connectivity index (χ4n) is 2.56. The van der Waals surface area contributed by atoms with Crippen LogP contribution in [0.4, 0.5) is 0 Å². The minimum atomic E-state index is -0.224. The lowest BCUT2D eigenvalue weighted by molar-refractivity contribution is 0.0797. The molecule has 2 aromatic carbocycles. The number of carbonyl (C=O) groups excluding carboxylic acids is 1. The van der Waals surface area contributed by atoms with E-state index in [1.807, 2.05) is 60.7 Å². The van der Waals surface area contributed by atoms with Crippen LogP contribution in [0.25, 0.3) is 0 Å². The molecule has 25 heavy (non-hydrogen) atoms. The van der Waals surface area contributed by atoms with Crippen LogP contribution in [-0.4, -0.2) is 22.3 Å². The molecule has 0 radical (unpaired) electrons. The molecule has 0 fully saturated rings. The molecular formula is C20H21N3O2. The SMILES string of the molecule is Cn1cc(C(=O)N[C@@H](COCc2ccccc2)c2ccccc2)cn1. The van der Waals surface area contributed by atoms with E-state index in [0.717, 1.165) is 11.1 Å². The van der Waals surface area contributed by atoms with Gasteiger partial charge in [0.1, 0.15) is 0 Å². The van der Waals surface area contributed by atoms with Gasteiger partial charge in [-0.1, -0.05) is 60.7 Å². The van der Waals surface area contributed by atoms with Gasteiger partial charge in [-0.15, -0.1) is 0 Å². The molecule has 0 spiro atoms. The number of hydrogen-bond donors (Lipinski definition) is 1. The molecular weight excluding hydrogens is 314 g/mol. The number of carbonyl (C=O) groups is 1. The molecule has 0 unspecified atom stereocenters. The van der Waals surface area contributed by atoms with Gasteiger partial charge >= 0.3 is 0 Å². The molecule has 0 saturated carbocycles. The maximum absolute atomic E-state index is 12.5. The first-order valence-electron chi connectivity index (χ1n) is 8.18. The predicted octanol–water partition coefficient (Wildman–Crippen LogP) is 3.11. The molecule has 0 aliphatic rings. The maximum Gasteiger partial charge on any atom is 0.255 e. The number of aryl methyl sites for hydroxylation is 1. The molecule has 5 nitrogen and oxygen atoms in total. The van der Waals surface area contributed by atoms with Crippen molar-refractivity contribution in [1.29, 1.82) is 0 Å². The van der Waals surface area contributed by atoms with Gasteiger partial charge in [-0.2, -0.15) is 5.10 Å². The van der Waals surface area contributed by atoms with Crippen molar-refractivity contribution in [2.24, 2.45) is 7.05 Å². The Morgan fingerprint density at radius 1 is 1.12 bits per heavy atom. The van der Waals surface area contributed by atoms with Crippen molar-refractivity contribution < 1.29 is 9.53 Å². The second-order valence-electron chi connectivity index (χ2n) is 5.84. The van der Waals surface area contributed by atoms with Crippen LogP contribution in [0.2, 0.25) is 0 Å². The Balaban J connectivity index is 1.66. The molecule has 1 atom stereocenters. The highest BCUT2D eigenvalue weighted by molar-refractivity contribution is 5.93. The number of aromatic nitrogens is 2. The van der Waals surface area contributed by atoms with Crippen LogP contribution in [-0.2, 0) is 18.4 Å². The molecule has 0 aliphatic carbocycles. The molecule has 0 bridgehead atoms. The van der Waals surface area contributed by atoms with Crippen molar-refractivity contribution in [2.75, 3.05) is 6.61 Å². The van der Waals surface area contributed by atoms with E-state index in [1.165, 1.54) is 0 Å². The monoisotopic (exact) mass is 335 g/mol. The lowest BCUT2D eigenvalue weighted by Gasteiger charge is -2.19. The molecule has 0 aliphatic heterocycles. The Morgan fingerprint density at radius 2 is 1.80 bits per heavy atom. The first-order chi connectivity index (χ1) is 12.2. The number of hydrogen-bond acceptors (Lipinski definition) is 3. The molecule has 1 N–H and O–H groups in total. The highest BCUT2D eigenvalue weighted by Crippen LogP contribution is 2.15. The van der Waals surface area contributed by atoms with Gasteiger partial charge in [0.15, 0.2) is 0 Å². The first kappa shape index (κ1) is 16.9. The van der Waals surface area contributed by atoms with Crippen LogP contribution < -0.4 is 5.32 Å². The third kappa shape index (κ3) is 4.78. The number of nitrogens with zero attached hydrogens (tertiary/aromatic N) is 2. The Kier molecular flexibility index (Phi) is 5.59. The molecule has 128 valence electrons. The zero-order valence-electron chi connectivity index (χ0n) is 14.1. The van der Waals surface area contributed by atoms with Crippen LogP contribution in [0.5, 0.6) is 0 Å². The van der Waals surface area contributed by atoms with E-state index in [9.17, 15) is 4.79 Å². The fourth-order valence-corrected chi connectivity index (χ4v) is 2.56. The van der Waals surface area contributed by atoms with Gasteiger partial charge in [-0.05, 0) is 11.1 Å². The predicted molar refractivity (Wildman–Crippen MR) is 96.0 cm³/mol. The van der Waals surface area contributed by atoms with Crippen molar-refractivity contribution >= 4 is 5.91 Å². The number of rotatable bonds is 7. The Bertz CT molecular complexity index is 800. The topological polar surface area (TPSA) is 56.2 Å². The van der Waals surface area contributed by atoms with Crippen molar-refractivity contribution in [2.45, 2.75) is 12.6 Å². The van der Waals surface area contributed by atoms with Gasteiger partial charge in [0.2, 0.25) is 0 Å². The normalized spacial score (nSPS) is 11.9. The third-order valence-electron chi connectivity index (χ3n) is 3.87. The van der Waals surface area contributed by atoms with E-state index in [2.05, 4.69) is 10.4 Å². The molecule has 1 aromatic heterocycles. The van der Waals surface area contributed by atoms with Crippen molar-refractivity contribution in [1.82, 2.24) is 15.1 Å². The quantitative estimate of drug-likeness (QED) is 0.722. The Morgan fingerprint density at radius 3 is 2.44 bits per heavy atom. The maximum atomic E-state index is 12.5. The second kappa shape index (κ2) is 8.26. The molecule has 3 rings (SSSR count). The molecule has 5 heteroatoms. The standard InChI is InChI=1S/C20H21N3O2/c1-23-13-18(12-21-23)20(24)22-19(17-10-6-3-7-11-17)15-25-14-16-8-4-2-5-9-16/h2-13,19H,14-15H2,1H3,(H,22,24)/t19-/m0/s1. The van der Waals surface area contributed by atoms with Crippen molar-refractivity contribution in [3.8, 4) is 0 Å². The number of amides is 1. The highest BCUT2D eigenvalue weighted by atomic mass is 16.5. The van der Waals surface area contributed by atoms with E-state index >= 15 is 0 Å². The van der Waals surface area contributed by atoms with Gasteiger partial charge in [-0.3, -0.25) is 9.48 Å². The molecule has 3 aromatic rings. The highest BCUT2D eigenvalue weighted by Gasteiger charge is 2.17. The summed E-state index contributed by atoms with van der Waals surface area (Å²) in [6.45, 7) is 0.901. The van der Waals surface area contributed by atoms with Crippen LogP contribution in [0.3, 0.4) is 0 Å². The fraction of sp³-hybridized carbons (Fsp3) is 0.200. The summed E-state index contributed by atoms with van der Waals surface area (Å²) in [5, 5.41) is 7.08. The van der Waals surface area contributed by atoms with Crippen LogP contribution in [0.1, 0.15) is 27.5 Å². The van der Waals surface area contributed by atoms with Gasteiger partial charge in [0, 0.05) is 13.2 Å². The summed E-state index contributed by atoms with van der Waals surface area (Å²) < 4.78 is 7.45. The zero-order chi connectivity index (χ0) is 17.5. The summed E-state index contributed by atoms with van der Waals surface area (Å²) in [7, 11) is 1.79. The van der Waals surface area contributed by atoms with Crippen LogP contribution in [0, 0.1) is 0 Å². The molecule has 1 amide bonds. The number of ether oxygens (including phenoxy) is 1. The van der Waals surface area contributed by atoms with E-state index < -0.39 is 0 Å². The van der Waals surface area contributed by atoms with Crippen molar-refractivity contribution in [3.05, 3.63) is 89.7 Å². The lowest BCUT2D eigenvalue weighted by atomic mass is 10.1. The van der Waals surface area contributed by atoms with E-state index in [4.69, 9.17) is 4.74 Å². The molecule has 1 heterocycles. The Hall–Kier alpha value is -2.92. The summed E-state index contributed by atoms with van der Waals surface area (Å²) in [5.74, 6) is -0.162. The minimum absolute atomic E-state index is 0.162. The second-order valence-corrected chi connectivity index (χ2v) is 5.84. The van der Waals surface area contributed by atoms with Crippen molar-refractivity contribution in [3.63, 3.8) is 0 Å². The largest absolute Gasteiger partial charge is 0.374 e. The van der Waals surface area contributed by atoms with Crippen LogP contribution >= 0.6 is 0 Å². The third-order valence-corrected chi connectivity index (χ3v) is 3.87. The smallest absolute Gasteiger partial charge is 0.255 e. The van der Waals surface area contributed by atoms with E-state index in [-0.39, 0.29) is 11.9 Å². The number of benzene rings is 2. The average molecular weight is 335 g/mol. The summed E-state index contributed by atoms with van der Waals surface area (Å²) >= 11 is 0. The summed E-state index contributed by atoms with van der Waals surface area (Å²) in [4.78, 5) is 12.5. The minimum Gasteiger partial charge on any atom is -0.374 e. The van der Waals surface area contributed by atoms with E-state index in [0.29, 0.717) is 18.8 Å². The zero-order valence-corrected chi connectivity index (χ0v) is 14.1. The summed E-state index contributed by atoms with van der Waals surface area (Å²) in [5.41, 5.74) is 2.65. The van der Waals surface area contributed by atoms with E-state index in [1.54, 1.807) is 24.1 Å². The summed E-state index contributed by atoms with van der Waals surface area (Å²) in [6, 6.07) is 19.6. The summed E-state index contributed by atoms with van der Waals surface area (Å²) in [6.07, 6.45) is 3.25. The average Bonchev–Trinajstić information content (AvgIpc) is 3.09. The van der Waals surface area contributed by atoms with Gasteiger partial charge in [-0.25, -0.2) is 0 Å². The lowest BCUT2D eigenvalue weighted by Crippen LogP contribution is -2.31. The van der Waals surface area contributed by atoms with Gasteiger partial charge in [0.25, 0.3) is 5.91 Å². The van der Waals surface area contributed by atoms with Gasteiger partial charge in [0.05, 0.1) is 31.0 Å².